The zero-order valence-corrected chi connectivity index (χ0v) is 31.9. The molecule has 0 saturated heterocycles. The number of carboxylic acid groups (broad SMARTS) is 1. The molecule has 0 aliphatic heterocycles. The molecule has 284 valence electrons. The maximum absolute atomic E-state index is 10.7. The molecular weight excluding hydrogens is 685 g/mol. The van der Waals surface area contributed by atoms with Crippen molar-refractivity contribution in [1.82, 2.24) is 25.3 Å². The second-order valence-corrected chi connectivity index (χ2v) is 15.1. The lowest BCUT2D eigenvalue weighted by molar-refractivity contribution is 0.189. The molecule has 0 bridgehead atoms. The standard InChI is InChI=1S/C23H26N4O2.C22H26N4/c1-27(20-10-6-16(7-11-20)15-25-23(28)29)22-24-13-12-21(26-22)19-9-8-17-4-2-3-5-18(17)14-19;1-26(20-10-6-16(15-23)7-11-20)22-24-13-12-21(25-22)19-9-8-17-4-2-3-5-18(17)14-19/h2-5,8-9,12-14,16,20,25H,6-7,10-11,15H2,1H3,(H,28,29);2-5,8-9,12-14,16,20H,6-7,10-11,15,23H2,1H3/t16-,20+;16-,20-. The van der Waals surface area contributed by atoms with Gasteiger partial charge >= 0.3 is 6.09 Å². The maximum Gasteiger partial charge on any atom is 0.404 e. The van der Waals surface area contributed by atoms with Crippen molar-refractivity contribution in [3.8, 4) is 22.5 Å². The van der Waals surface area contributed by atoms with Gasteiger partial charge < -0.3 is 26.0 Å². The first-order chi connectivity index (χ1) is 26.8. The molecule has 4 aromatic carbocycles. The molecule has 55 heavy (non-hydrogen) atoms. The Balaban J connectivity index is 0.000000170. The van der Waals surface area contributed by atoms with Crippen LogP contribution in [0.5, 0.6) is 0 Å². The van der Waals surface area contributed by atoms with Crippen LogP contribution in [0, 0.1) is 11.8 Å². The van der Waals surface area contributed by atoms with Crippen molar-refractivity contribution in [1.29, 1.82) is 0 Å². The van der Waals surface area contributed by atoms with Crippen molar-refractivity contribution >= 4 is 39.5 Å². The highest BCUT2D eigenvalue weighted by Crippen LogP contribution is 2.31. The van der Waals surface area contributed by atoms with Gasteiger partial charge in [-0.3, -0.25) is 0 Å². The first kappa shape index (κ1) is 37.7. The molecule has 2 saturated carbocycles. The summed E-state index contributed by atoms with van der Waals surface area (Å²) in [4.78, 5) is 33.8. The first-order valence-electron chi connectivity index (χ1n) is 19.6. The van der Waals surface area contributed by atoms with Gasteiger partial charge in [-0.25, -0.2) is 24.7 Å². The zero-order valence-electron chi connectivity index (χ0n) is 31.9. The van der Waals surface area contributed by atoms with Crippen LogP contribution < -0.4 is 20.9 Å². The SMILES string of the molecule is CN(c1nccc(-c2ccc3ccccc3c2)n1)[C@H]1CC[C@@H](CNC(=O)O)CC1.CN(c1nccc(-c2ccc3ccccc3c2)n1)[C@H]1CC[C@H](CN)CC1. The average Bonchev–Trinajstić information content (AvgIpc) is 3.25. The Kier molecular flexibility index (Phi) is 12.1. The van der Waals surface area contributed by atoms with Gasteiger partial charge in [0.1, 0.15) is 0 Å². The summed E-state index contributed by atoms with van der Waals surface area (Å²) < 4.78 is 0. The molecule has 2 aliphatic carbocycles. The van der Waals surface area contributed by atoms with E-state index in [0.717, 1.165) is 66.6 Å². The number of hydrogen-bond donors (Lipinski definition) is 3. The molecule has 10 heteroatoms. The second-order valence-electron chi connectivity index (χ2n) is 15.1. The van der Waals surface area contributed by atoms with Gasteiger partial charge in [0, 0.05) is 56.2 Å². The van der Waals surface area contributed by atoms with Crippen molar-refractivity contribution < 1.29 is 9.90 Å². The Hall–Kier alpha value is -5.61. The molecule has 0 unspecified atom stereocenters. The van der Waals surface area contributed by atoms with Crippen LogP contribution in [0.15, 0.2) is 109 Å². The fourth-order valence-electron chi connectivity index (χ4n) is 8.12. The van der Waals surface area contributed by atoms with Gasteiger partial charge in [0.15, 0.2) is 0 Å². The van der Waals surface area contributed by atoms with E-state index in [-0.39, 0.29) is 0 Å². The van der Waals surface area contributed by atoms with E-state index in [1.165, 1.54) is 47.2 Å². The smallest absolute Gasteiger partial charge is 0.404 e. The second kappa shape index (κ2) is 17.7. The summed E-state index contributed by atoms with van der Waals surface area (Å²) in [6, 6.07) is 34.5. The van der Waals surface area contributed by atoms with Crippen LogP contribution in [-0.4, -0.2) is 70.4 Å². The van der Waals surface area contributed by atoms with E-state index >= 15 is 0 Å². The third-order valence-electron chi connectivity index (χ3n) is 11.6. The lowest BCUT2D eigenvalue weighted by atomic mass is 9.85. The highest BCUT2D eigenvalue weighted by Gasteiger charge is 2.26. The average molecular weight is 737 g/mol. The van der Waals surface area contributed by atoms with E-state index in [4.69, 9.17) is 20.8 Å². The van der Waals surface area contributed by atoms with Gasteiger partial charge in [0.2, 0.25) is 11.9 Å². The normalized spacial score (nSPS) is 19.6. The topological polar surface area (TPSA) is 133 Å². The lowest BCUT2D eigenvalue weighted by Crippen LogP contribution is -2.38. The van der Waals surface area contributed by atoms with Gasteiger partial charge in [0.25, 0.3) is 0 Å². The number of rotatable bonds is 9. The number of benzene rings is 4. The Morgan fingerprint density at radius 1 is 0.636 bits per heavy atom. The molecule has 0 radical (unpaired) electrons. The van der Waals surface area contributed by atoms with E-state index in [1.807, 2.05) is 36.7 Å². The molecule has 2 aromatic heterocycles. The minimum absolute atomic E-state index is 0.378. The van der Waals surface area contributed by atoms with E-state index in [9.17, 15) is 4.79 Å². The first-order valence-corrected chi connectivity index (χ1v) is 19.6. The number of nitrogens with one attached hydrogen (secondary N) is 1. The number of nitrogens with zero attached hydrogens (tertiary/aromatic N) is 6. The summed E-state index contributed by atoms with van der Waals surface area (Å²) in [5.41, 5.74) is 9.94. The number of nitrogens with two attached hydrogens (primary N) is 1. The Morgan fingerprint density at radius 3 is 1.51 bits per heavy atom. The van der Waals surface area contributed by atoms with Crippen molar-refractivity contribution in [2.45, 2.75) is 63.5 Å². The number of carbonyl (C=O) groups is 1. The van der Waals surface area contributed by atoms with Gasteiger partial charge in [-0.2, -0.15) is 0 Å². The fourth-order valence-corrected chi connectivity index (χ4v) is 8.12. The maximum atomic E-state index is 10.7. The minimum atomic E-state index is -0.942. The molecule has 6 aromatic rings. The molecule has 0 spiro atoms. The molecule has 2 heterocycles. The minimum Gasteiger partial charge on any atom is -0.465 e. The van der Waals surface area contributed by atoms with Crippen molar-refractivity contribution in [2.24, 2.45) is 17.6 Å². The highest BCUT2D eigenvalue weighted by molar-refractivity contribution is 5.87. The van der Waals surface area contributed by atoms with Crippen LogP contribution in [0.3, 0.4) is 0 Å². The van der Waals surface area contributed by atoms with Crippen molar-refractivity contribution in [2.75, 3.05) is 37.0 Å². The molecule has 8 rings (SSSR count). The lowest BCUT2D eigenvalue weighted by Gasteiger charge is -2.34. The summed E-state index contributed by atoms with van der Waals surface area (Å²) >= 11 is 0. The van der Waals surface area contributed by atoms with E-state index in [0.29, 0.717) is 30.5 Å². The summed E-state index contributed by atoms with van der Waals surface area (Å²) in [5.74, 6) is 2.65. The van der Waals surface area contributed by atoms with Gasteiger partial charge in [-0.05, 0) is 116 Å². The number of amides is 1. The van der Waals surface area contributed by atoms with Crippen LogP contribution in [0.25, 0.3) is 44.1 Å². The summed E-state index contributed by atoms with van der Waals surface area (Å²) in [5, 5.41) is 16.2. The van der Waals surface area contributed by atoms with E-state index in [1.54, 1.807) is 0 Å². The Labute approximate surface area is 323 Å². The number of anilines is 2. The largest absolute Gasteiger partial charge is 0.465 e. The van der Waals surface area contributed by atoms with Crippen molar-refractivity contribution in [3.05, 3.63) is 109 Å². The van der Waals surface area contributed by atoms with Gasteiger partial charge in [0.05, 0.1) is 11.4 Å². The van der Waals surface area contributed by atoms with Crippen molar-refractivity contribution in [3.63, 3.8) is 0 Å². The molecule has 2 aliphatic rings. The van der Waals surface area contributed by atoms with E-state index in [2.05, 4.69) is 112 Å². The Bertz CT molecular complexity index is 2200. The quantitative estimate of drug-likeness (QED) is 0.133. The predicted octanol–water partition coefficient (Wildman–Crippen LogP) is 8.81. The zero-order chi connectivity index (χ0) is 38.1. The summed E-state index contributed by atoms with van der Waals surface area (Å²) in [7, 11) is 4.17. The van der Waals surface area contributed by atoms with Gasteiger partial charge in [-0.15, -0.1) is 0 Å². The van der Waals surface area contributed by atoms with Crippen LogP contribution in [-0.2, 0) is 0 Å². The number of aromatic nitrogens is 4. The predicted molar refractivity (Wildman–Crippen MR) is 223 cm³/mol. The van der Waals surface area contributed by atoms with Gasteiger partial charge in [-0.1, -0.05) is 72.8 Å². The molecule has 1 amide bonds. The molecule has 4 N–H and O–H groups in total. The molecule has 2 fully saturated rings. The summed E-state index contributed by atoms with van der Waals surface area (Å²) in [6.07, 6.45) is 11.6. The monoisotopic (exact) mass is 736 g/mol. The fraction of sp³-hybridized carbons (Fsp3) is 0.356. The molecule has 0 atom stereocenters. The number of hydrogen-bond acceptors (Lipinski definition) is 8. The van der Waals surface area contributed by atoms with E-state index < -0.39 is 6.09 Å². The molecular formula is C45H52N8O2. The van der Waals surface area contributed by atoms with Crippen LogP contribution in [0.2, 0.25) is 0 Å². The Morgan fingerprint density at radius 2 is 1.07 bits per heavy atom. The third kappa shape index (κ3) is 9.38. The summed E-state index contributed by atoms with van der Waals surface area (Å²) in [6.45, 7) is 1.35. The van der Waals surface area contributed by atoms with Crippen LogP contribution in [0.4, 0.5) is 16.7 Å². The number of fused-ring (bicyclic) bond motifs is 2. The van der Waals surface area contributed by atoms with Crippen LogP contribution in [0.1, 0.15) is 51.4 Å². The molecule has 10 nitrogen and oxygen atoms in total. The third-order valence-corrected chi connectivity index (χ3v) is 11.6. The highest BCUT2D eigenvalue weighted by atomic mass is 16.4. The van der Waals surface area contributed by atoms with Crippen LogP contribution >= 0.6 is 0 Å².